The van der Waals surface area contributed by atoms with E-state index in [-0.39, 0.29) is 52.5 Å². The van der Waals surface area contributed by atoms with E-state index in [1.54, 1.807) is 6.92 Å². The van der Waals surface area contributed by atoms with Crippen molar-refractivity contribution in [3.8, 4) is 17.2 Å². The summed E-state index contributed by atoms with van der Waals surface area (Å²) in [5.74, 6) is -1.51. The van der Waals surface area contributed by atoms with Crippen LogP contribution in [0.5, 0.6) is 17.2 Å². The number of amides is 1. The molecule has 1 N–H and O–H groups in total. The maximum atomic E-state index is 12.3. The molecule has 0 spiro atoms. The third-order valence-corrected chi connectivity index (χ3v) is 4.49. The van der Waals surface area contributed by atoms with Crippen molar-refractivity contribution in [1.82, 2.24) is 5.32 Å². The Morgan fingerprint density at radius 1 is 1.06 bits per heavy atom. The summed E-state index contributed by atoms with van der Waals surface area (Å²) in [6.45, 7) is 1.71. The fraction of sp³-hybridized carbons (Fsp3) is 0.318. The summed E-state index contributed by atoms with van der Waals surface area (Å²) in [6.07, 6.45) is 0.560. The summed E-state index contributed by atoms with van der Waals surface area (Å²) < 4.78 is 20.6. The molecule has 2 aromatic carbocycles. The van der Waals surface area contributed by atoms with Crippen LogP contribution in [0.4, 0.5) is 5.69 Å². The summed E-state index contributed by atoms with van der Waals surface area (Å²) in [4.78, 5) is 46.0. The second-order valence-corrected chi connectivity index (χ2v) is 7.11. The standard InChI is InChI=1S/C22H23ClN2O9/c1-3-32-21(27)5-4-10-24-20(26)13-33-22(28)14-6-8-18(19(11-14)31-2)34-17-9-7-15(23)12-16(17)25(29)30/h6-9,11-12H,3-5,10,13H2,1-2H3,(H,24,26). The van der Waals surface area contributed by atoms with E-state index >= 15 is 0 Å². The topological polar surface area (TPSA) is 143 Å². The molecule has 0 saturated carbocycles. The first-order chi connectivity index (χ1) is 16.2. The van der Waals surface area contributed by atoms with E-state index in [0.29, 0.717) is 13.0 Å². The van der Waals surface area contributed by atoms with Crippen LogP contribution in [-0.2, 0) is 19.1 Å². The van der Waals surface area contributed by atoms with Crippen LogP contribution in [0.25, 0.3) is 0 Å². The number of carbonyl (C=O) groups excluding carboxylic acids is 3. The van der Waals surface area contributed by atoms with Crippen LogP contribution in [0.2, 0.25) is 5.02 Å². The SMILES string of the molecule is CCOC(=O)CCCNC(=O)COC(=O)c1ccc(Oc2ccc(Cl)cc2[N+](=O)[O-])c(OC)c1. The number of nitro groups is 1. The van der Waals surface area contributed by atoms with Crippen LogP contribution < -0.4 is 14.8 Å². The van der Waals surface area contributed by atoms with Gasteiger partial charge in [0.1, 0.15) is 0 Å². The molecular formula is C22H23ClN2O9. The fourth-order valence-electron chi connectivity index (χ4n) is 2.68. The van der Waals surface area contributed by atoms with Crippen molar-refractivity contribution in [3.05, 3.63) is 57.1 Å². The van der Waals surface area contributed by atoms with E-state index in [0.717, 1.165) is 6.07 Å². The molecule has 182 valence electrons. The zero-order valence-electron chi connectivity index (χ0n) is 18.5. The van der Waals surface area contributed by atoms with Gasteiger partial charge in [-0.3, -0.25) is 19.7 Å². The van der Waals surface area contributed by atoms with Crippen molar-refractivity contribution >= 4 is 35.1 Å². The average molecular weight is 495 g/mol. The quantitative estimate of drug-likeness (QED) is 0.202. The van der Waals surface area contributed by atoms with Gasteiger partial charge in [-0.1, -0.05) is 11.6 Å². The summed E-state index contributed by atoms with van der Waals surface area (Å²) in [7, 11) is 1.33. The molecular weight excluding hydrogens is 472 g/mol. The molecule has 0 atom stereocenters. The normalized spacial score (nSPS) is 10.2. The lowest BCUT2D eigenvalue weighted by Gasteiger charge is -2.12. The van der Waals surface area contributed by atoms with Gasteiger partial charge in [0.2, 0.25) is 5.75 Å². The van der Waals surface area contributed by atoms with E-state index in [1.165, 1.54) is 37.4 Å². The predicted molar refractivity (Wildman–Crippen MR) is 120 cm³/mol. The average Bonchev–Trinajstić information content (AvgIpc) is 2.81. The number of halogens is 1. The molecule has 0 aliphatic rings. The van der Waals surface area contributed by atoms with Crippen LogP contribution in [0.15, 0.2) is 36.4 Å². The Morgan fingerprint density at radius 3 is 2.47 bits per heavy atom. The molecule has 0 radical (unpaired) electrons. The second-order valence-electron chi connectivity index (χ2n) is 6.67. The lowest BCUT2D eigenvalue weighted by molar-refractivity contribution is -0.385. The number of methoxy groups -OCH3 is 1. The Labute approximate surface area is 200 Å². The second kappa shape index (κ2) is 13.0. The molecule has 11 nitrogen and oxygen atoms in total. The molecule has 0 unspecified atom stereocenters. The Balaban J connectivity index is 1.95. The predicted octanol–water partition coefficient (Wildman–Crippen LogP) is 3.67. The van der Waals surface area contributed by atoms with Gasteiger partial charge in [0.15, 0.2) is 18.1 Å². The zero-order valence-corrected chi connectivity index (χ0v) is 19.3. The van der Waals surface area contributed by atoms with Gasteiger partial charge < -0.3 is 24.3 Å². The van der Waals surface area contributed by atoms with Gasteiger partial charge in [0, 0.05) is 24.1 Å². The summed E-state index contributed by atoms with van der Waals surface area (Å²) in [6, 6.07) is 7.98. The van der Waals surface area contributed by atoms with Crippen molar-refractivity contribution in [3.63, 3.8) is 0 Å². The van der Waals surface area contributed by atoms with E-state index in [1.807, 2.05) is 0 Å². The minimum atomic E-state index is -0.788. The number of nitrogens with one attached hydrogen (secondary N) is 1. The minimum absolute atomic E-state index is 0.0670. The van der Waals surface area contributed by atoms with Crippen LogP contribution in [-0.4, -0.2) is 49.6 Å². The van der Waals surface area contributed by atoms with E-state index in [2.05, 4.69) is 5.32 Å². The van der Waals surface area contributed by atoms with Gasteiger partial charge in [-0.2, -0.15) is 0 Å². The number of nitrogens with zero attached hydrogens (tertiary/aromatic N) is 1. The highest BCUT2D eigenvalue weighted by atomic mass is 35.5. The Morgan fingerprint density at radius 2 is 1.79 bits per heavy atom. The first-order valence-electron chi connectivity index (χ1n) is 10.1. The Kier molecular flexibility index (Phi) is 10.1. The van der Waals surface area contributed by atoms with Crippen molar-refractivity contribution < 1.29 is 38.3 Å². The monoisotopic (exact) mass is 494 g/mol. The summed E-state index contributed by atoms with van der Waals surface area (Å²) in [5, 5.41) is 14.0. The molecule has 0 bridgehead atoms. The number of rotatable bonds is 12. The number of nitro benzene ring substituents is 1. The van der Waals surface area contributed by atoms with Gasteiger partial charge in [-0.25, -0.2) is 4.79 Å². The van der Waals surface area contributed by atoms with E-state index in [4.69, 9.17) is 30.5 Å². The van der Waals surface area contributed by atoms with Crippen molar-refractivity contribution in [2.45, 2.75) is 19.8 Å². The number of hydrogen-bond donors (Lipinski definition) is 1. The maximum Gasteiger partial charge on any atom is 0.338 e. The molecule has 1 amide bonds. The van der Waals surface area contributed by atoms with Gasteiger partial charge in [0.25, 0.3) is 5.91 Å². The first-order valence-corrected chi connectivity index (χ1v) is 10.5. The molecule has 34 heavy (non-hydrogen) atoms. The summed E-state index contributed by atoms with van der Waals surface area (Å²) >= 11 is 5.81. The molecule has 0 heterocycles. The smallest absolute Gasteiger partial charge is 0.338 e. The van der Waals surface area contributed by atoms with Gasteiger partial charge in [-0.15, -0.1) is 0 Å². The molecule has 0 saturated heterocycles. The molecule has 0 fully saturated rings. The van der Waals surface area contributed by atoms with Crippen LogP contribution in [0, 0.1) is 10.1 Å². The van der Waals surface area contributed by atoms with Crippen molar-refractivity contribution in [1.29, 1.82) is 0 Å². The molecule has 0 aliphatic heterocycles. The van der Waals surface area contributed by atoms with Crippen LogP contribution in [0.1, 0.15) is 30.1 Å². The lowest BCUT2D eigenvalue weighted by atomic mass is 10.2. The van der Waals surface area contributed by atoms with Crippen molar-refractivity contribution in [2.75, 3.05) is 26.9 Å². The third-order valence-electron chi connectivity index (χ3n) is 4.26. The van der Waals surface area contributed by atoms with Crippen LogP contribution in [0.3, 0.4) is 0 Å². The first kappa shape index (κ1) is 26.4. The Bertz CT molecular complexity index is 1060. The van der Waals surface area contributed by atoms with E-state index in [9.17, 15) is 24.5 Å². The highest BCUT2D eigenvalue weighted by Gasteiger charge is 2.19. The van der Waals surface area contributed by atoms with E-state index < -0.39 is 23.4 Å². The molecule has 12 heteroatoms. The largest absolute Gasteiger partial charge is 0.493 e. The number of esters is 2. The van der Waals surface area contributed by atoms with Gasteiger partial charge in [-0.05, 0) is 43.7 Å². The maximum absolute atomic E-state index is 12.3. The molecule has 0 aromatic heterocycles. The van der Waals surface area contributed by atoms with Gasteiger partial charge >= 0.3 is 17.6 Å². The number of benzene rings is 2. The Hall–Kier alpha value is -3.86. The molecule has 0 aliphatic carbocycles. The lowest BCUT2D eigenvalue weighted by Crippen LogP contribution is -2.30. The van der Waals surface area contributed by atoms with Gasteiger partial charge in [0.05, 0.1) is 24.2 Å². The number of ether oxygens (including phenoxy) is 4. The zero-order chi connectivity index (χ0) is 25.1. The fourth-order valence-corrected chi connectivity index (χ4v) is 2.84. The third kappa shape index (κ3) is 7.93. The highest BCUT2D eigenvalue weighted by molar-refractivity contribution is 6.30. The van der Waals surface area contributed by atoms with Crippen molar-refractivity contribution in [2.24, 2.45) is 0 Å². The highest BCUT2D eigenvalue weighted by Crippen LogP contribution is 2.37. The van der Waals surface area contributed by atoms with Crippen LogP contribution >= 0.6 is 11.6 Å². The molecule has 2 rings (SSSR count). The summed E-state index contributed by atoms with van der Waals surface area (Å²) in [5.41, 5.74) is -0.267. The number of carbonyl (C=O) groups is 3. The number of hydrogen-bond acceptors (Lipinski definition) is 9. The minimum Gasteiger partial charge on any atom is -0.493 e. The molecule has 2 aromatic rings.